The van der Waals surface area contributed by atoms with Gasteiger partial charge in [0.2, 0.25) is 11.6 Å². The summed E-state index contributed by atoms with van der Waals surface area (Å²) in [4.78, 5) is 22.1. The zero-order valence-electron chi connectivity index (χ0n) is 9.70. The minimum absolute atomic E-state index is 0.158. The molecule has 0 aliphatic heterocycles. The molecule has 0 aliphatic carbocycles. The number of nitrogens with two attached hydrogens (primary N) is 1. The Morgan fingerprint density at radius 3 is 2.31 bits per heavy atom. The monoisotopic (exact) mass is 250 g/mol. The summed E-state index contributed by atoms with van der Waals surface area (Å²) in [6.45, 7) is 3.24. The Labute approximate surface area is 101 Å². The van der Waals surface area contributed by atoms with Crippen LogP contribution in [-0.4, -0.2) is 27.1 Å². The first-order valence-electron chi connectivity index (χ1n) is 5.35. The molecule has 1 amide bonds. The molecule has 0 aromatic heterocycles. The summed E-state index contributed by atoms with van der Waals surface area (Å²) in [5.74, 6) is -1.85. The minimum atomic E-state index is -1.80. The van der Waals surface area contributed by atoms with Gasteiger partial charge in [-0.15, -0.1) is 0 Å². The molecule has 0 fully saturated rings. The van der Waals surface area contributed by atoms with Gasteiger partial charge in [-0.2, -0.15) is 0 Å². The summed E-state index contributed by atoms with van der Waals surface area (Å²) >= 11 is 5.61. The van der Waals surface area contributed by atoms with Crippen LogP contribution < -0.4 is 5.73 Å². The average molecular weight is 251 g/mol. The summed E-state index contributed by atoms with van der Waals surface area (Å²) in [5, 5.41) is 9.01. The van der Waals surface area contributed by atoms with Crippen molar-refractivity contribution in [3.8, 4) is 0 Å². The van der Waals surface area contributed by atoms with Gasteiger partial charge < -0.3 is 5.11 Å². The van der Waals surface area contributed by atoms with E-state index in [-0.39, 0.29) is 6.42 Å². The molecule has 94 valence electrons. The number of carboxylic acids is 1. The SMILES string of the molecule is CCCCCCC(N)(C(=O)O)N(Cl)C(C)=O. The van der Waals surface area contributed by atoms with Crippen LogP contribution in [0.25, 0.3) is 0 Å². The fourth-order valence-electron chi connectivity index (χ4n) is 1.39. The van der Waals surface area contributed by atoms with Crippen LogP contribution in [0.4, 0.5) is 0 Å². The zero-order valence-corrected chi connectivity index (χ0v) is 10.5. The fourth-order valence-corrected chi connectivity index (χ4v) is 1.55. The number of aliphatic carboxylic acids is 1. The van der Waals surface area contributed by atoms with Crippen LogP contribution in [0.2, 0.25) is 0 Å². The lowest BCUT2D eigenvalue weighted by Gasteiger charge is -2.31. The molecule has 6 heteroatoms. The van der Waals surface area contributed by atoms with Crippen LogP contribution >= 0.6 is 11.8 Å². The van der Waals surface area contributed by atoms with E-state index in [1.165, 1.54) is 6.92 Å². The van der Waals surface area contributed by atoms with Gasteiger partial charge in [-0.25, -0.2) is 9.21 Å². The van der Waals surface area contributed by atoms with Gasteiger partial charge in [0, 0.05) is 18.7 Å². The molecule has 5 nitrogen and oxygen atoms in total. The van der Waals surface area contributed by atoms with Gasteiger partial charge in [-0.1, -0.05) is 26.2 Å². The van der Waals surface area contributed by atoms with Crippen molar-refractivity contribution in [3.63, 3.8) is 0 Å². The number of carboxylic acid groups (broad SMARTS) is 1. The molecular weight excluding hydrogens is 232 g/mol. The second kappa shape index (κ2) is 6.70. The maximum Gasteiger partial charge on any atom is 0.345 e. The van der Waals surface area contributed by atoms with Crippen molar-refractivity contribution in [2.24, 2.45) is 5.73 Å². The van der Waals surface area contributed by atoms with Crippen molar-refractivity contribution < 1.29 is 14.7 Å². The number of carbonyl (C=O) groups excluding carboxylic acids is 1. The van der Waals surface area contributed by atoms with E-state index in [4.69, 9.17) is 22.6 Å². The van der Waals surface area contributed by atoms with Crippen LogP contribution in [0, 0.1) is 0 Å². The van der Waals surface area contributed by atoms with E-state index >= 15 is 0 Å². The van der Waals surface area contributed by atoms with Gasteiger partial charge >= 0.3 is 5.97 Å². The second-order valence-electron chi connectivity index (χ2n) is 3.84. The lowest BCUT2D eigenvalue weighted by atomic mass is 10.0. The summed E-state index contributed by atoms with van der Waals surface area (Å²) in [7, 11) is 0. The molecule has 1 unspecified atom stereocenters. The topological polar surface area (TPSA) is 83.6 Å². The molecule has 0 heterocycles. The normalized spacial score (nSPS) is 14.2. The maximum absolute atomic E-state index is 11.0. The Bertz CT molecular complexity index is 260. The van der Waals surface area contributed by atoms with Crippen LogP contribution in [0.5, 0.6) is 0 Å². The van der Waals surface area contributed by atoms with Crippen molar-refractivity contribution in [2.45, 2.75) is 51.6 Å². The Kier molecular flexibility index (Phi) is 6.36. The van der Waals surface area contributed by atoms with Crippen LogP contribution in [0.15, 0.2) is 0 Å². The predicted molar refractivity (Wildman–Crippen MR) is 61.7 cm³/mol. The van der Waals surface area contributed by atoms with E-state index in [1.807, 2.05) is 0 Å². The second-order valence-corrected chi connectivity index (χ2v) is 4.18. The van der Waals surface area contributed by atoms with Crippen molar-refractivity contribution in [1.29, 1.82) is 0 Å². The van der Waals surface area contributed by atoms with Crippen LogP contribution in [-0.2, 0) is 9.59 Å². The number of nitrogens with zero attached hydrogens (tertiary/aromatic N) is 1. The standard InChI is InChI=1S/C10H19ClN2O3/c1-3-4-5-6-7-10(12,9(15)16)13(11)8(2)14/h3-7,12H2,1-2H3,(H,15,16). The molecule has 0 spiro atoms. The summed E-state index contributed by atoms with van der Waals surface area (Å²) in [5.41, 5.74) is 3.84. The molecule has 0 aromatic rings. The van der Waals surface area contributed by atoms with Gasteiger partial charge in [0.25, 0.3) is 0 Å². The minimum Gasteiger partial charge on any atom is -0.478 e. The molecule has 0 bridgehead atoms. The van der Waals surface area contributed by atoms with Crippen molar-refractivity contribution in [3.05, 3.63) is 0 Å². The molecular formula is C10H19ClN2O3. The number of hydrogen-bond donors (Lipinski definition) is 2. The highest BCUT2D eigenvalue weighted by Gasteiger charge is 2.41. The van der Waals surface area contributed by atoms with E-state index in [0.717, 1.165) is 19.3 Å². The molecule has 0 aliphatic rings. The molecule has 0 radical (unpaired) electrons. The van der Waals surface area contributed by atoms with E-state index in [2.05, 4.69) is 6.92 Å². The number of unbranched alkanes of at least 4 members (excludes halogenated alkanes) is 3. The Morgan fingerprint density at radius 2 is 1.94 bits per heavy atom. The Hall–Kier alpha value is -0.810. The maximum atomic E-state index is 11.0. The average Bonchev–Trinajstić information content (AvgIpc) is 2.22. The summed E-state index contributed by atoms with van der Waals surface area (Å²) in [6, 6.07) is 0. The summed E-state index contributed by atoms with van der Waals surface area (Å²) < 4.78 is 0.571. The van der Waals surface area contributed by atoms with Gasteiger partial charge in [0.1, 0.15) is 0 Å². The molecule has 0 saturated carbocycles. The van der Waals surface area contributed by atoms with E-state index in [1.54, 1.807) is 0 Å². The summed E-state index contributed by atoms with van der Waals surface area (Å²) in [6.07, 6.45) is 3.73. The van der Waals surface area contributed by atoms with E-state index in [9.17, 15) is 9.59 Å². The first-order valence-corrected chi connectivity index (χ1v) is 5.69. The van der Waals surface area contributed by atoms with Crippen molar-refractivity contribution in [2.75, 3.05) is 0 Å². The lowest BCUT2D eigenvalue weighted by Crippen LogP contribution is -2.59. The van der Waals surface area contributed by atoms with Crippen molar-refractivity contribution >= 4 is 23.7 Å². The highest BCUT2D eigenvalue weighted by atomic mass is 35.5. The van der Waals surface area contributed by atoms with Crippen LogP contribution in [0.1, 0.15) is 46.0 Å². The molecule has 3 N–H and O–H groups in total. The third-order valence-electron chi connectivity index (χ3n) is 2.41. The number of hydrogen-bond acceptors (Lipinski definition) is 3. The van der Waals surface area contributed by atoms with Gasteiger partial charge in [-0.3, -0.25) is 10.5 Å². The highest BCUT2D eigenvalue weighted by molar-refractivity contribution is 6.23. The van der Waals surface area contributed by atoms with E-state index < -0.39 is 17.5 Å². The smallest absolute Gasteiger partial charge is 0.345 e. The van der Waals surface area contributed by atoms with E-state index in [0.29, 0.717) is 10.8 Å². The van der Waals surface area contributed by atoms with Gasteiger partial charge in [0.15, 0.2) is 0 Å². The number of rotatable bonds is 7. The molecule has 1 atom stereocenters. The molecule has 0 aromatic carbocycles. The molecule has 16 heavy (non-hydrogen) atoms. The zero-order chi connectivity index (χ0) is 12.8. The lowest BCUT2D eigenvalue weighted by molar-refractivity contribution is -0.153. The predicted octanol–water partition coefficient (Wildman–Crippen LogP) is 1.70. The third-order valence-corrected chi connectivity index (χ3v) is 2.95. The van der Waals surface area contributed by atoms with Gasteiger partial charge in [-0.05, 0) is 12.8 Å². The number of carbonyl (C=O) groups is 2. The first-order chi connectivity index (χ1) is 7.36. The van der Waals surface area contributed by atoms with Gasteiger partial charge in [0.05, 0.1) is 0 Å². The molecule has 0 rings (SSSR count). The van der Waals surface area contributed by atoms with Crippen LogP contribution in [0.3, 0.4) is 0 Å². The number of halogens is 1. The largest absolute Gasteiger partial charge is 0.478 e. The fraction of sp³-hybridized carbons (Fsp3) is 0.800. The highest BCUT2D eigenvalue weighted by Crippen LogP contribution is 2.20. The quantitative estimate of drug-likeness (QED) is 0.409. The van der Waals surface area contributed by atoms with Crippen molar-refractivity contribution in [1.82, 2.24) is 4.42 Å². The third kappa shape index (κ3) is 3.98. The Morgan fingerprint density at radius 1 is 1.38 bits per heavy atom. The Balaban J connectivity index is 4.46. The molecule has 0 saturated heterocycles. The number of amides is 1. The first kappa shape index (κ1) is 15.2.